The molecule has 0 saturated heterocycles. The van der Waals surface area contributed by atoms with Gasteiger partial charge in [0.05, 0.1) is 19.6 Å². The molecule has 0 bridgehead atoms. The number of aliphatic hydroxyl groups is 2. The van der Waals surface area contributed by atoms with Crippen molar-refractivity contribution in [3.05, 3.63) is 53.6 Å². The maximum Gasteiger partial charge on any atom is 0.573 e. The van der Waals surface area contributed by atoms with Crippen molar-refractivity contribution < 1.29 is 37.7 Å². The van der Waals surface area contributed by atoms with Crippen LogP contribution in [0.5, 0.6) is 5.75 Å². The van der Waals surface area contributed by atoms with E-state index >= 15 is 0 Å². The maximum atomic E-state index is 12.7. The molecular weight excluding hydrogens is 443 g/mol. The predicted molar refractivity (Wildman–Crippen MR) is 114 cm³/mol. The van der Waals surface area contributed by atoms with E-state index in [0.29, 0.717) is 12.2 Å². The Hall–Kier alpha value is -3.44. The Labute approximate surface area is 187 Å². The van der Waals surface area contributed by atoms with Gasteiger partial charge in [0, 0.05) is 29.2 Å². The monoisotopic (exact) mass is 465 g/mol. The number of alkyl halides is 3. The van der Waals surface area contributed by atoms with Crippen molar-refractivity contribution in [3.8, 4) is 5.75 Å². The average Bonchev–Trinajstić information content (AvgIpc) is 3.11. The first kappa shape index (κ1) is 24.2. The van der Waals surface area contributed by atoms with Crippen LogP contribution in [0.1, 0.15) is 24.5 Å². The lowest BCUT2D eigenvalue weighted by atomic mass is 10.1. The highest BCUT2D eigenvalue weighted by molar-refractivity contribution is 6.03. The van der Waals surface area contributed by atoms with E-state index in [1.807, 2.05) is 13.0 Å². The number of anilines is 2. The number of rotatable bonds is 8. The quantitative estimate of drug-likeness (QED) is 0.555. The minimum atomic E-state index is -4.86. The first-order valence-corrected chi connectivity index (χ1v) is 9.97. The van der Waals surface area contributed by atoms with Crippen LogP contribution in [0.3, 0.4) is 0 Å². The number of amides is 2. The third-order valence-corrected chi connectivity index (χ3v) is 4.93. The fourth-order valence-corrected chi connectivity index (χ4v) is 3.36. The lowest BCUT2D eigenvalue weighted by molar-refractivity contribution is -0.274. The van der Waals surface area contributed by atoms with E-state index in [1.165, 1.54) is 12.1 Å². The molecule has 0 radical (unpaired) electrons. The lowest BCUT2D eigenvalue weighted by Crippen LogP contribution is -2.39. The van der Waals surface area contributed by atoms with Gasteiger partial charge in [0.15, 0.2) is 0 Å². The molecule has 2 aromatic rings. The lowest BCUT2D eigenvalue weighted by Gasteiger charge is -2.23. The van der Waals surface area contributed by atoms with Crippen molar-refractivity contribution in [1.82, 2.24) is 0 Å². The molecule has 0 aliphatic carbocycles. The molecule has 33 heavy (non-hydrogen) atoms. The van der Waals surface area contributed by atoms with Gasteiger partial charge in [-0.3, -0.25) is 14.6 Å². The summed E-state index contributed by atoms with van der Waals surface area (Å²) in [6.07, 6.45) is -7.14. The fourth-order valence-electron chi connectivity index (χ4n) is 3.36. The maximum absolute atomic E-state index is 12.7. The molecule has 0 saturated carbocycles. The van der Waals surface area contributed by atoms with E-state index in [1.54, 1.807) is 12.1 Å². The van der Waals surface area contributed by atoms with E-state index in [9.17, 15) is 33.0 Å². The summed E-state index contributed by atoms with van der Waals surface area (Å²) in [4.78, 5) is 30.4. The minimum absolute atomic E-state index is 0.171. The number of carbonyl (C=O) groups excluding carboxylic acids is 2. The molecule has 3 rings (SSSR count). The van der Waals surface area contributed by atoms with Crippen LogP contribution in [-0.4, -0.2) is 53.4 Å². The van der Waals surface area contributed by atoms with Gasteiger partial charge in [-0.25, -0.2) is 0 Å². The average molecular weight is 465 g/mol. The molecule has 0 fully saturated rings. The SMILES string of the molecule is CC1=NCc2cc(NC(=O)C(O)CC(=O)N(CCO)c3ccc(OC(F)(F)F)cc3)ccc21. The summed E-state index contributed by atoms with van der Waals surface area (Å²) < 4.78 is 40.7. The van der Waals surface area contributed by atoms with Crippen molar-refractivity contribution in [2.24, 2.45) is 4.99 Å². The van der Waals surface area contributed by atoms with Crippen molar-refractivity contribution in [1.29, 1.82) is 0 Å². The van der Waals surface area contributed by atoms with Gasteiger partial charge >= 0.3 is 6.36 Å². The fraction of sp³-hybridized carbons (Fsp3) is 0.318. The van der Waals surface area contributed by atoms with Crippen molar-refractivity contribution in [2.75, 3.05) is 23.4 Å². The van der Waals surface area contributed by atoms with Crippen LogP contribution < -0.4 is 15.0 Å². The van der Waals surface area contributed by atoms with Crippen LogP contribution in [0, 0.1) is 0 Å². The van der Waals surface area contributed by atoms with Gasteiger partial charge < -0.3 is 25.2 Å². The van der Waals surface area contributed by atoms with Crippen molar-refractivity contribution in [3.63, 3.8) is 0 Å². The van der Waals surface area contributed by atoms with Gasteiger partial charge in [-0.1, -0.05) is 6.07 Å². The number of hydrogen-bond donors (Lipinski definition) is 3. The molecule has 3 N–H and O–H groups in total. The van der Waals surface area contributed by atoms with E-state index < -0.39 is 43.1 Å². The molecule has 1 aliphatic heterocycles. The second-order valence-corrected chi connectivity index (χ2v) is 7.29. The number of aliphatic hydroxyl groups excluding tert-OH is 2. The Kier molecular flexibility index (Phi) is 7.34. The van der Waals surface area contributed by atoms with E-state index in [4.69, 9.17) is 0 Å². The van der Waals surface area contributed by atoms with Crippen LogP contribution in [0.25, 0.3) is 0 Å². The number of fused-ring (bicyclic) bond motifs is 1. The van der Waals surface area contributed by atoms with Gasteiger partial charge in [0.1, 0.15) is 11.9 Å². The zero-order valence-electron chi connectivity index (χ0n) is 17.6. The molecule has 1 atom stereocenters. The molecular formula is C22H22F3N3O5. The number of benzene rings is 2. The van der Waals surface area contributed by atoms with Gasteiger partial charge in [-0.05, 0) is 48.9 Å². The Bertz CT molecular complexity index is 1050. The number of halogens is 3. The number of ether oxygens (including phenoxy) is 1. The summed E-state index contributed by atoms with van der Waals surface area (Å²) in [5.41, 5.74) is 3.43. The Morgan fingerprint density at radius 3 is 2.55 bits per heavy atom. The Balaban J connectivity index is 1.63. The molecule has 1 aliphatic rings. The third kappa shape index (κ3) is 6.30. The second kappa shape index (κ2) is 10.0. The topological polar surface area (TPSA) is 111 Å². The molecule has 1 unspecified atom stereocenters. The minimum Gasteiger partial charge on any atom is -0.406 e. The van der Waals surface area contributed by atoms with Gasteiger partial charge in [0.2, 0.25) is 5.91 Å². The van der Waals surface area contributed by atoms with Crippen LogP contribution in [-0.2, 0) is 16.1 Å². The summed E-state index contributed by atoms with van der Waals surface area (Å²) in [5, 5.41) is 22.0. The summed E-state index contributed by atoms with van der Waals surface area (Å²) in [6, 6.07) is 9.66. The van der Waals surface area contributed by atoms with Gasteiger partial charge in [-0.15, -0.1) is 13.2 Å². The second-order valence-electron chi connectivity index (χ2n) is 7.29. The van der Waals surface area contributed by atoms with Crippen LogP contribution in [0.2, 0.25) is 0 Å². The van der Waals surface area contributed by atoms with Crippen molar-refractivity contribution in [2.45, 2.75) is 32.4 Å². The van der Waals surface area contributed by atoms with E-state index in [0.717, 1.165) is 33.9 Å². The number of aliphatic imine (C=N–C) groups is 1. The Morgan fingerprint density at radius 1 is 1.21 bits per heavy atom. The molecule has 2 aromatic carbocycles. The van der Waals surface area contributed by atoms with Crippen LogP contribution in [0.15, 0.2) is 47.5 Å². The zero-order chi connectivity index (χ0) is 24.2. The number of carbonyl (C=O) groups is 2. The van der Waals surface area contributed by atoms with E-state index in [-0.39, 0.29) is 12.2 Å². The Morgan fingerprint density at radius 2 is 1.91 bits per heavy atom. The summed E-state index contributed by atoms with van der Waals surface area (Å²) in [7, 11) is 0. The van der Waals surface area contributed by atoms with Crippen LogP contribution >= 0.6 is 0 Å². The highest BCUT2D eigenvalue weighted by atomic mass is 19.4. The summed E-state index contributed by atoms with van der Waals surface area (Å²) >= 11 is 0. The molecule has 176 valence electrons. The first-order chi connectivity index (χ1) is 15.6. The smallest absolute Gasteiger partial charge is 0.406 e. The largest absolute Gasteiger partial charge is 0.573 e. The summed E-state index contributed by atoms with van der Waals surface area (Å²) in [5.74, 6) is -1.97. The zero-order valence-corrected chi connectivity index (χ0v) is 17.6. The van der Waals surface area contributed by atoms with Gasteiger partial charge in [0.25, 0.3) is 5.91 Å². The molecule has 2 amide bonds. The molecule has 8 nitrogen and oxygen atoms in total. The first-order valence-electron chi connectivity index (χ1n) is 9.97. The molecule has 1 heterocycles. The molecule has 0 spiro atoms. The highest BCUT2D eigenvalue weighted by Gasteiger charge is 2.31. The van der Waals surface area contributed by atoms with Crippen molar-refractivity contribution >= 4 is 28.9 Å². The summed E-state index contributed by atoms with van der Waals surface area (Å²) in [6.45, 7) is 1.76. The van der Waals surface area contributed by atoms with Gasteiger partial charge in [-0.2, -0.15) is 0 Å². The number of hydrogen-bond acceptors (Lipinski definition) is 6. The van der Waals surface area contributed by atoms with E-state index in [2.05, 4.69) is 15.0 Å². The molecule has 11 heteroatoms. The number of nitrogens with one attached hydrogen (secondary N) is 1. The standard InChI is InChI=1S/C22H22F3N3O5/c1-13-18-7-2-15(10-14(18)12-26-13)27-21(32)19(30)11-20(31)28(8-9-29)16-3-5-17(6-4-16)33-22(23,24)25/h2-7,10,19,29-30H,8-9,11-12H2,1H3,(H,27,32). The third-order valence-electron chi connectivity index (χ3n) is 4.93. The highest BCUT2D eigenvalue weighted by Crippen LogP contribution is 2.26. The molecule has 0 aromatic heterocycles. The normalized spacial score (nSPS) is 13.7. The van der Waals surface area contributed by atoms with Crippen LogP contribution in [0.4, 0.5) is 24.5 Å². The predicted octanol–water partition coefficient (Wildman–Crippen LogP) is 2.62. The number of nitrogens with zero attached hydrogens (tertiary/aromatic N) is 2.